The Balaban J connectivity index is 1.36. The Labute approximate surface area is 204 Å². The van der Waals surface area contributed by atoms with Crippen molar-refractivity contribution < 1.29 is 22.7 Å². The van der Waals surface area contributed by atoms with Crippen LogP contribution in [0.5, 0.6) is 11.5 Å². The van der Waals surface area contributed by atoms with E-state index < -0.39 is 15.4 Å². The van der Waals surface area contributed by atoms with Crippen molar-refractivity contribution in [3.8, 4) is 11.5 Å². The molecule has 2 aromatic carbocycles. The van der Waals surface area contributed by atoms with Gasteiger partial charge in [-0.15, -0.1) is 0 Å². The van der Waals surface area contributed by atoms with Gasteiger partial charge in [0, 0.05) is 38.1 Å². The van der Waals surface area contributed by atoms with Crippen molar-refractivity contribution in [2.45, 2.75) is 29.7 Å². The van der Waals surface area contributed by atoms with Gasteiger partial charge >= 0.3 is 0 Å². The molecule has 1 saturated heterocycles. The molecule has 2 aliphatic heterocycles. The van der Waals surface area contributed by atoms with Crippen LogP contribution in [-0.4, -0.2) is 49.9 Å². The van der Waals surface area contributed by atoms with E-state index in [-0.39, 0.29) is 23.9 Å². The number of benzene rings is 2. The monoisotopic (exact) mass is 493 g/mol. The van der Waals surface area contributed by atoms with E-state index in [1.165, 1.54) is 10.4 Å². The number of nitrogens with one attached hydrogen (secondary N) is 1. The van der Waals surface area contributed by atoms with Gasteiger partial charge in [0.25, 0.3) is 0 Å². The average Bonchev–Trinajstić information content (AvgIpc) is 2.92. The summed E-state index contributed by atoms with van der Waals surface area (Å²) in [6.45, 7) is 1.64. The van der Waals surface area contributed by atoms with Crippen LogP contribution in [0.25, 0.3) is 0 Å². The van der Waals surface area contributed by atoms with Gasteiger partial charge in [0.15, 0.2) is 11.5 Å². The van der Waals surface area contributed by atoms with Crippen LogP contribution in [0, 0.1) is 0 Å². The number of carbonyl (C=O) groups excluding carboxylic acids is 1. The Morgan fingerprint density at radius 3 is 2.43 bits per heavy atom. The van der Waals surface area contributed by atoms with E-state index in [2.05, 4.69) is 10.3 Å². The van der Waals surface area contributed by atoms with Gasteiger partial charge in [-0.05, 0) is 42.2 Å². The highest BCUT2D eigenvalue weighted by molar-refractivity contribution is 7.89. The molecule has 0 saturated carbocycles. The molecule has 2 aliphatic rings. The fourth-order valence-corrected chi connectivity index (χ4v) is 6.16. The van der Waals surface area contributed by atoms with Crippen molar-refractivity contribution in [1.29, 1.82) is 0 Å². The third-order valence-corrected chi connectivity index (χ3v) is 8.56. The highest BCUT2D eigenvalue weighted by Gasteiger charge is 2.45. The first kappa shape index (κ1) is 23.3. The van der Waals surface area contributed by atoms with Crippen molar-refractivity contribution in [3.05, 3.63) is 84.2 Å². The van der Waals surface area contributed by atoms with Crippen LogP contribution in [0.2, 0.25) is 0 Å². The number of hydrogen-bond donors (Lipinski definition) is 1. The summed E-state index contributed by atoms with van der Waals surface area (Å²) in [5.74, 6) is 0.869. The van der Waals surface area contributed by atoms with Crippen molar-refractivity contribution in [2.75, 3.05) is 26.3 Å². The van der Waals surface area contributed by atoms with Gasteiger partial charge in [-0.2, -0.15) is 4.31 Å². The minimum absolute atomic E-state index is 0.107. The van der Waals surface area contributed by atoms with Crippen molar-refractivity contribution in [3.63, 3.8) is 0 Å². The first-order valence-electron chi connectivity index (χ1n) is 11.6. The van der Waals surface area contributed by atoms with Crippen LogP contribution in [0.15, 0.2) is 78.0 Å². The number of pyridine rings is 1. The first-order valence-corrected chi connectivity index (χ1v) is 13.1. The zero-order chi connectivity index (χ0) is 24.3. The maximum absolute atomic E-state index is 13.6. The summed E-state index contributed by atoms with van der Waals surface area (Å²) in [5.41, 5.74) is 0.977. The number of fused-ring (bicyclic) bond motifs is 1. The van der Waals surface area contributed by atoms with Crippen LogP contribution in [0.4, 0.5) is 0 Å². The number of nitrogens with zero attached hydrogens (tertiary/aromatic N) is 2. The van der Waals surface area contributed by atoms with Gasteiger partial charge in [-0.1, -0.05) is 36.4 Å². The number of ether oxygens (including phenoxy) is 2. The molecule has 0 bridgehead atoms. The minimum Gasteiger partial charge on any atom is -0.486 e. The molecular formula is C26H27N3O5S. The van der Waals surface area contributed by atoms with Gasteiger partial charge in [-0.25, -0.2) is 8.42 Å². The lowest BCUT2D eigenvalue weighted by Crippen LogP contribution is -2.52. The van der Waals surface area contributed by atoms with Gasteiger partial charge in [0.1, 0.15) is 13.2 Å². The van der Waals surface area contributed by atoms with Crippen LogP contribution < -0.4 is 14.8 Å². The number of carbonyl (C=O) groups is 1. The number of amides is 1. The molecule has 182 valence electrons. The molecule has 3 heterocycles. The maximum Gasteiger partial charge on any atom is 0.243 e. The standard InChI is InChI=1S/C26H27N3O5S/c30-25(28-19-20-5-4-12-27-18-20)26(21-6-2-1-3-7-21)10-13-29(14-11-26)35(31,32)22-8-9-23-24(17-22)34-16-15-33-23/h1-9,12,17-18H,10-11,13-16,19H2,(H,28,30). The summed E-state index contributed by atoms with van der Waals surface area (Å²) in [6, 6.07) is 18.0. The molecule has 3 aromatic rings. The Kier molecular flexibility index (Phi) is 6.44. The fourth-order valence-electron chi connectivity index (χ4n) is 4.70. The minimum atomic E-state index is -3.75. The van der Waals surface area contributed by atoms with Crippen molar-refractivity contribution in [1.82, 2.24) is 14.6 Å². The van der Waals surface area contributed by atoms with Crippen LogP contribution in [0.1, 0.15) is 24.0 Å². The molecule has 0 aliphatic carbocycles. The predicted octanol–water partition coefficient (Wildman–Crippen LogP) is 2.89. The number of rotatable bonds is 6. The third kappa shape index (κ3) is 4.61. The van der Waals surface area contributed by atoms with E-state index >= 15 is 0 Å². The number of hydrogen-bond acceptors (Lipinski definition) is 6. The third-order valence-electron chi connectivity index (χ3n) is 6.66. The fraction of sp³-hybridized carbons (Fsp3) is 0.308. The van der Waals surface area contributed by atoms with Crippen molar-refractivity contribution in [2.24, 2.45) is 0 Å². The lowest BCUT2D eigenvalue weighted by atomic mass is 9.72. The Morgan fingerprint density at radius 2 is 1.71 bits per heavy atom. The molecule has 0 atom stereocenters. The zero-order valence-electron chi connectivity index (χ0n) is 19.2. The molecule has 8 nitrogen and oxygen atoms in total. The Hall–Kier alpha value is -3.43. The quantitative estimate of drug-likeness (QED) is 0.567. The molecule has 1 amide bonds. The summed E-state index contributed by atoms with van der Waals surface area (Å²) in [7, 11) is -3.75. The molecule has 5 rings (SSSR count). The lowest BCUT2D eigenvalue weighted by molar-refractivity contribution is -0.128. The maximum atomic E-state index is 13.6. The van der Waals surface area contributed by atoms with E-state index in [1.54, 1.807) is 24.5 Å². The SMILES string of the molecule is O=C(NCc1cccnc1)C1(c2ccccc2)CCN(S(=O)(=O)c2ccc3c(c2)OCCO3)CC1. The summed E-state index contributed by atoms with van der Waals surface area (Å²) < 4.78 is 39.4. The Bertz CT molecular complexity index is 1290. The van der Waals surface area contributed by atoms with Gasteiger partial charge in [-0.3, -0.25) is 9.78 Å². The molecule has 9 heteroatoms. The Morgan fingerprint density at radius 1 is 0.971 bits per heavy atom. The van der Waals surface area contributed by atoms with Crippen LogP contribution >= 0.6 is 0 Å². The predicted molar refractivity (Wildman–Crippen MR) is 130 cm³/mol. The lowest BCUT2D eigenvalue weighted by Gasteiger charge is -2.40. The highest BCUT2D eigenvalue weighted by atomic mass is 32.2. The molecule has 1 aromatic heterocycles. The van der Waals surface area contributed by atoms with Gasteiger partial charge < -0.3 is 14.8 Å². The molecule has 35 heavy (non-hydrogen) atoms. The topological polar surface area (TPSA) is 97.8 Å². The van der Waals surface area contributed by atoms with E-state index in [0.29, 0.717) is 44.1 Å². The van der Waals surface area contributed by atoms with Crippen molar-refractivity contribution >= 4 is 15.9 Å². The smallest absolute Gasteiger partial charge is 0.243 e. The number of sulfonamides is 1. The number of piperidine rings is 1. The first-order chi connectivity index (χ1) is 17.0. The molecule has 1 fully saturated rings. The highest BCUT2D eigenvalue weighted by Crippen LogP contribution is 2.39. The van der Waals surface area contributed by atoms with Crippen LogP contribution in [-0.2, 0) is 26.8 Å². The van der Waals surface area contributed by atoms with Gasteiger partial charge in [0.05, 0.1) is 10.3 Å². The van der Waals surface area contributed by atoms with Crippen LogP contribution in [0.3, 0.4) is 0 Å². The second kappa shape index (κ2) is 9.67. The molecule has 1 N–H and O–H groups in total. The number of aromatic nitrogens is 1. The largest absolute Gasteiger partial charge is 0.486 e. The summed E-state index contributed by atoms with van der Waals surface area (Å²) in [6.07, 6.45) is 4.16. The molecule has 0 unspecified atom stereocenters. The summed E-state index contributed by atoms with van der Waals surface area (Å²) in [5, 5.41) is 3.05. The normalized spacial score (nSPS) is 17.5. The second-order valence-corrected chi connectivity index (χ2v) is 10.6. The zero-order valence-corrected chi connectivity index (χ0v) is 20.0. The van der Waals surface area contributed by atoms with Gasteiger partial charge in [0.2, 0.25) is 15.9 Å². The van der Waals surface area contributed by atoms with E-state index in [0.717, 1.165) is 11.1 Å². The van der Waals surface area contributed by atoms with E-state index in [4.69, 9.17) is 9.47 Å². The second-order valence-electron chi connectivity index (χ2n) is 8.70. The average molecular weight is 494 g/mol. The summed E-state index contributed by atoms with van der Waals surface area (Å²) >= 11 is 0. The molecule has 0 spiro atoms. The molecular weight excluding hydrogens is 466 g/mol. The summed E-state index contributed by atoms with van der Waals surface area (Å²) in [4.78, 5) is 17.8. The van der Waals surface area contributed by atoms with E-state index in [9.17, 15) is 13.2 Å². The molecule has 0 radical (unpaired) electrons. The van der Waals surface area contributed by atoms with E-state index in [1.807, 2.05) is 42.5 Å².